The van der Waals surface area contributed by atoms with Gasteiger partial charge < -0.3 is 9.51 Å². The number of nitrogens with one attached hydrogen (secondary N) is 1. The monoisotopic (exact) mass is 261 g/mol. The number of H-pyrrole nitrogens is 1. The molecular weight excluding hydrogens is 250 g/mol. The zero-order valence-electron chi connectivity index (χ0n) is 10.6. The van der Waals surface area contributed by atoms with Crippen molar-refractivity contribution in [2.75, 3.05) is 0 Å². The molecule has 20 heavy (non-hydrogen) atoms. The molecule has 4 aromatic rings. The average molecular weight is 261 g/mol. The second kappa shape index (κ2) is 4.35. The summed E-state index contributed by atoms with van der Waals surface area (Å²) in [5, 5.41) is 5.22. The Kier molecular flexibility index (Phi) is 2.39. The summed E-state index contributed by atoms with van der Waals surface area (Å²) in [6, 6.07) is 17.8. The second-order valence-electron chi connectivity index (χ2n) is 4.57. The van der Waals surface area contributed by atoms with Crippen molar-refractivity contribution in [1.29, 1.82) is 0 Å². The third kappa shape index (κ3) is 1.78. The van der Waals surface area contributed by atoms with Crippen molar-refractivity contribution < 1.29 is 4.52 Å². The molecule has 0 radical (unpaired) electrons. The molecular formula is C16H11N3O. The first-order valence-corrected chi connectivity index (χ1v) is 6.37. The lowest BCUT2D eigenvalue weighted by molar-refractivity contribution is 0.432. The Morgan fingerprint density at radius 2 is 1.80 bits per heavy atom. The van der Waals surface area contributed by atoms with Gasteiger partial charge in [-0.15, -0.1) is 0 Å². The van der Waals surface area contributed by atoms with Crippen LogP contribution in [0.2, 0.25) is 0 Å². The minimum absolute atomic E-state index is 0.534. The van der Waals surface area contributed by atoms with E-state index in [2.05, 4.69) is 15.1 Å². The Morgan fingerprint density at radius 3 is 2.70 bits per heavy atom. The highest BCUT2D eigenvalue weighted by atomic mass is 16.5. The van der Waals surface area contributed by atoms with Crippen molar-refractivity contribution in [2.24, 2.45) is 0 Å². The Bertz CT molecular complexity index is 861. The molecule has 4 heteroatoms. The number of aromatic amines is 1. The number of rotatable bonds is 2. The van der Waals surface area contributed by atoms with Crippen molar-refractivity contribution in [3.63, 3.8) is 0 Å². The van der Waals surface area contributed by atoms with Gasteiger partial charge in [-0.05, 0) is 29.7 Å². The summed E-state index contributed by atoms with van der Waals surface area (Å²) < 4.78 is 5.33. The highest BCUT2D eigenvalue weighted by Gasteiger charge is 2.10. The molecule has 0 unspecified atom stereocenters. The lowest BCUT2D eigenvalue weighted by atomic mass is 10.1. The number of hydrogen-bond acceptors (Lipinski definition) is 3. The van der Waals surface area contributed by atoms with Crippen molar-refractivity contribution in [1.82, 2.24) is 15.1 Å². The number of nitrogens with zero attached hydrogens (tertiary/aromatic N) is 2. The SMILES string of the molecule is c1ccc(-c2nc(-c3ccc4cc[nH]c4c3)no2)cc1. The molecule has 0 aliphatic heterocycles. The Balaban J connectivity index is 1.77. The summed E-state index contributed by atoms with van der Waals surface area (Å²) in [7, 11) is 0. The average Bonchev–Trinajstić information content (AvgIpc) is 3.16. The van der Waals surface area contributed by atoms with Gasteiger partial charge in [0.25, 0.3) is 5.89 Å². The molecule has 4 rings (SSSR count). The van der Waals surface area contributed by atoms with Gasteiger partial charge in [-0.1, -0.05) is 35.5 Å². The first kappa shape index (κ1) is 11.0. The topological polar surface area (TPSA) is 54.7 Å². The molecule has 0 saturated carbocycles. The van der Waals surface area contributed by atoms with Crippen molar-refractivity contribution in [3.8, 4) is 22.8 Å². The first-order chi connectivity index (χ1) is 9.90. The fraction of sp³-hybridized carbons (Fsp3) is 0. The predicted molar refractivity (Wildman–Crippen MR) is 77.0 cm³/mol. The van der Waals surface area contributed by atoms with Crippen LogP contribution in [0.3, 0.4) is 0 Å². The van der Waals surface area contributed by atoms with Crippen LogP contribution in [0.15, 0.2) is 65.3 Å². The summed E-state index contributed by atoms with van der Waals surface area (Å²) >= 11 is 0. The van der Waals surface area contributed by atoms with E-state index in [-0.39, 0.29) is 0 Å². The van der Waals surface area contributed by atoms with Crippen LogP contribution >= 0.6 is 0 Å². The van der Waals surface area contributed by atoms with Gasteiger partial charge >= 0.3 is 0 Å². The van der Waals surface area contributed by atoms with Gasteiger partial charge in [0.2, 0.25) is 5.82 Å². The van der Waals surface area contributed by atoms with Gasteiger partial charge in [-0.3, -0.25) is 0 Å². The van der Waals surface area contributed by atoms with Gasteiger partial charge in [0.1, 0.15) is 0 Å². The van der Waals surface area contributed by atoms with E-state index < -0.39 is 0 Å². The molecule has 2 heterocycles. The molecule has 4 nitrogen and oxygen atoms in total. The van der Waals surface area contributed by atoms with E-state index in [1.165, 1.54) is 5.39 Å². The van der Waals surface area contributed by atoms with E-state index in [1.807, 2.05) is 60.8 Å². The standard InChI is InChI=1S/C16H11N3O/c1-2-4-12(5-3-1)16-18-15(19-20-16)13-7-6-11-8-9-17-14(11)10-13/h1-10,17H. The van der Waals surface area contributed by atoms with Crippen LogP contribution in [0, 0.1) is 0 Å². The maximum absolute atomic E-state index is 5.33. The summed E-state index contributed by atoms with van der Waals surface area (Å²) in [4.78, 5) is 7.63. The van der Waals surface area contributed by atoms with Crippen LogP contribution < -0.4 is 0 Å². The summed E-state index contributed by atoms with van der Waals surface area (Å²) in [6.07, 6.45) is 1.92. The van der Waals surface area contributed by atoms with Crippen LogP contribution in [0.5, 0.6) is 0 Å². The summed E-state index contributed by atoms with van der Waals surface area (Å²) in [5.41, 5.74) is 2.92. The van der Waals surface area contributed by atoms with Gasteiger partial charge in [0.15, 0.2) is 0 Å². The Labute approximate surface area is 115 Å². The zero-order valence-corrected chi connectivity index (χ0v) is 10.6. The zero-order chi connectivity index (χ0) is 13.4. The molecule has 2 aromatic heterocycles. The Morgan fingerprint density at radius 1 is 0.900 bits per heavy atom. The molecule has 0 amide bonds. The normalized spacial score (nSPS) is 11.0. The molecule has 0 aliphatic carbocycles. The lowest BCUT2D eigenvalue weighted by Crippen LogP contribution is -1.81. The number of aromatic nitrogens is 3. The maximum atomic E-state index is 5.33. The van der Waals surface area contributed by atoms with E-state index >= 15 is 0 Å². The van der Waals surface area contributed by atoms with Crippen molar-refractivity contribution >= 4 is 10.9 Å². The fourth-order valence-electron chi connectivity index (χ4n) is 2.23. The largest absolute Gasteiger partial charge is 0.361 e. The van der Waals surface area contributed by atoms with E-state index in [9.17, 15) is 0 Å². The van der Waals surface area contributed by atoms with Crippen LogP contribution in [0.25, 0.3) is 33.7 Å². The number of benzene rings is 2. The Hall–Kier alpha value is -2.88. The van der Waals surface area contributed by atoms with Gasteiger partial charge in [-0.25, -0.2) is 0 Å². The third-order valence-corrected chi connectivity index (χ3v) is 3.26. The first-order valence-electron chi connectivity index (χ1n) is 6.37. The fourth-order valence-corrected chi connectivity index (χ4v) is 2.23. The highest BCUT2D eigenvalue weighted by Crippen LogP contribution is 2.24. The highest BCUT2D eigenvalue weighted by molar-refractivity contribution is 5.83. The molecule has 96 valence electrons. The molecule has 0 spiro atoms. The number of hydrogen-bond donors (Lipinski definition) is 1. The predicted octanol–water partition coefficient (Wildman–Crippen LogP) is 3.88. The summed E-state index contributed by atoms with van der Waals surface area (Å²) in [6.45, 7) is 0. The molecule has 0 aliphatic rings. The van der Waals surface area contributed by atoms with Crippen LogP contribution in [0.4, 0.5) is 0 Å². The van der Waals surface area contributed by atoms with Gasteiger partial charge in [0, 0.05) is 22.8 Å². The number of fused-ring (bicyclic) bond motifs is 1. The van der Waals surface area contributed by atoms with Gasteiger partial charge in [0.05, 0.1) is 0 Å². The van der Waals surface area contributed by atoms with E-state index in [1.54, 1.807) is 0 Å². The summed E-state index contributed by atoms with van der Waals surface area (Å²) in [5.74, 6) is 1.13. The second-order valence-corrected chi connectivity index (χ2v) is 4.57. The molecule has 0 fully saturated rings. The molecule has 1 N–H and O–H groups in total. The lowest BCUT2D eigenvalue weighted by Gasteiger charge is -1.95. The van der Waals surface area contributed by atoms with E-state index in [0.29, 0.717) is 11.7 Å². The van der Waals surface area contributed by atoms with E-state index in [0.717, 1.165) is 16.6 Å². The van der Waals surface area contributed by atoms with Crippen LogP contribution in [-0.2, 0) is 0 Å². The van der Waals surface area contributed by atoms with Crippen LogP contribution in [-0.4, -0.2) is 15.1 Å². The third-order valence-electron chi connectivity index (χ3n) is 3.26. The molecule has 2 aromatic carbocycles. The van der Waals surface area contributed by atoms with Crippen molar-refractivity contribution in [3.05, 3.63) is 60.8 Å². The van der Waals surface area contributed by atoms with Crippen molar-refractivity contribution in [2.45, 2.75) is 0 Å². The smallest absolute Gasteiger partial charge is 0.258 e. The molecule has 0 bridgehead atoms. The van der Waals surface area contributed by atoms with Crippen LogP contribution in [0.1, 0.15) is 0 Å². The molecule has 0 saturated heterocycles. The minimum atomic E-state index is 0.534. The maximum Gasteiger partial charge on any atom is 0.258 e. The van der Waals surface area contributed by atoms with Gasteiger partial charge in [-0.2, -0.15) is 4.98 Å². The quantitative estimate of drug-likeness (QED) is 0.595. The molecule has 0 atom stereocenters. The minimum Gasteiger partial charge on any atom is -0.361 e. The van der Waals surface area contributed by atoms with E-state index in [4.69, 9.17) is 4.52 Å².